The van der Waals surface area contributed by atoms with Gasteiger partial charge >= 0.3 is 0 Å². The molecular formula is C10H11BrClN3S. The molecule has 2 heterocycles. The molecule has 1 N–H and O–H groups in total. The molecule has 1 unspecified atom stereocenters. The van der Waals surface area contributed by atoms with Gasteiger partial charge in [0.05, 0.1) is 23.0 Å². The van der Waals surface area contributed by atoms with Gasteiger partial charge in [-0.25, -0.2) is 0 Å². The Bertz CT molecular complexity index is 474. The Morgan fingerprint density at radius 2 is 2.38 bits per heavy atom. The summed E-state index contributed by atoms with van der Waals surface area (Å²) in [7, 11) is 3.81. The molecule has 0 bridgehead atoms. The van der Waals surface area contributed by atoms with Crippen LogP contribution in [0.1, 0.15) is 16.6 Å². The second-order valence-corrected chi connectivity index (χ2v) is 5.57. The standard InChI is InChI=1S/C10H11BrClN3S/c1-13-8(10-6(11)3-4-16-10)9-7(12)5-14-15(9)2/h3-5,8,13H,1-2H3. The van der Waals surface area contributed by atoms with Gasteiger partial charge in [0.15, 0.2) is 0 Å². The first-order chi connectivity index (χ1) is 7.65. The van der Waals surface area contributed by atoms with Crippen LogP contribution in [0.15, 0.2) is 22.1 Å². The highest BCUT2D eigenvalue weighted by molar-refractivity contribution is 9.10. The number of nitrogens with zero attached hydrogens (tertiary/aromatic N) is 2. The molecule has 2 rings (SSSR count). The second-order valence-electron chi connectivity index (χ2n) is 3.36. The van der Waals surface area contributed by atoms with Crippen molar-refractivity contribution in [1.82, 2.24) is 15.1 Å². The fourth-order valence-electron chi connectivity index (χ4n) is 1.65. The predicted octanol–water partition coefficient (Wildman–Crippen LogP) is 3.21. The highest BCUT2D eigenvalue weighted by Crippen LogP contribution is 2.35. The summed E-state index contributed by atoms with van der Waals surface area (Å²) in [6, 6.07) is 2.10. The van der Waals surface area contributed by atoms with E-state index in [0.717, 1.165) is 10.2 Å². The summed E-state index contributed by atoms with van der Waals surface area (Å²) >= 11 is 11.4. The molecule has 86 valence electrons. The van der Waals surface area contributed by atoms with Crippen molar-refractivity contribution in [3.63, 3.8) is 0 Å². The van der Waals surface area contributed by atoms with E-state index in [9.17, 15) is 0 Å². The van der Waals surface area contributed by atoms with E-state index < -0.39 is 0 Å². The first-order valence-electron chi connectivity index (χ1n) is 4.72. The Hall–Kier alpha value is -0.360. The predicted molar refractivity (Wildman–Crippen MR) is 71.1 cm³/mol. The number of hydrogen-bond donors (Lipinski definition) is 1. The third kappa shape index (κ3) is 2.05. The topological polar surface area (TPSA) is 29.9 Å². The normalized spacial score (nSPS) is 13.0. The lowest BCUT2D eigenvalue weighted by molar-refractivity contribution is 0.612. The fraction of sp³-hybridized carbons (Fsp3) is 0.300. The minimum Gasteiger partial charge on any atom is -0.307 e. The average Bonchev–Trinajstić information content (AvgIpc) is 2.80. The van der Waals surface area contributed by atoms with Gasteiger partial charge in [0.25, 0.3) is 0 Å². The van der Waals surface area contributed by atoms with Gasteiger partial charge in [0, 0.05) is 16.4 Å². The number of hydrogen-bond acceptors (Lipinski definition) is 3. The smallest absolute Gasteiger partial charge is 0.0865 e. The molecular weight excluding hydrogens is 310 g/mol. The summed E-state index contributed by atoms with van der Waals surface area (Å²) < 4.78 is 2.89. The first-order valence-corrected chi connectivity index (χ1v) is 6.77. The van der Waals surface area contributed by atoms with E-state index in [4.69, 9.17) is 11.6 Å². The molecule has 0 aromatic carbocycles. The molecule has 0 spiro atoms. The SMILES string of the molecule is CNC(c1sccc1Br)c1c(Cl)cnn1C. The number of halogens is 2. The van der Waals surface area contributed by atoms with Crippen molar-refractivity contribution in [1.29, 1.82) is 0 Å². The molecule has 0 aliphatic rings. The first kappa shape index (κ1) is 12.1. The summed E-state index contributed by atoms with van der Waals surface area (Å²) in [5.74, 6) is 0. The van der Waals surface area contributed by atoms with Crippen LogP contribution in [0.2, 0.25) is 5.02 Å². The zero-order valence-corrected chi connectivity index (χ0v) is 12.0. The van der Waals surface area contributed by atoms with Crippen LogP contribution in [-0.4, -0.2) is 16.8 Å². The summed E-state index contributed by atoms with van der Waals surface area (Å²) in [6.45, 7) is 0. The van der Waals surface area contributed by atoms with Crippen molar-refractivity contribution in [2.45, 2.75) is 6.04 Å². The van der Waals surface area contributed by atoms with Crippen LogP contribution >= 0.6 is 38.9 Å². The minimum absolute atomic E-state index is 0.0642. The van der Waals surface area contributed by atoms with Crippen LogP contribution in [0, 0.1) is 0 Å². The summed E-state index contributed by atoms with van der Waals surface area (Å²) in [5.41, 5.74) is 0.979. The van der Waals surface area contributed by atoms with Gasteiger partial charge in [-0.1, -0.05) is 11.6 Å². The Kier molecular flexibility index (Phi) is 3.69. The molecule has 0 saturated carbocycles. The molecule has 0 aliphatic heterocycles. The average molecular weight is 321 g/mol. The molecule has 0 aliphatic carbocycles. The van der Waals surface area contributed by atoms with Crippen LogP contribution in [0.3, 0.4) is 0 Å². The van der Waals surface area contributed by atoms with E-state index >= 15 is 0 Å². The van der Waals surface area contributed by atoms with Crippen molar-refractivity contribution in [3.05, 3.63) is 37.7 Å². The van der Waals surface area contributed by atoms with E-state index in [1.807, 2.05) is 25.5 Å². The molecule has 6 heteroatoms. The maximum atomic E-state index is 6.15. The zero-order valence-electron chi connectivity index (χ0n) is 8.87. The molecule has 0 amide bonds. The molecule has 2 aromatic rings. The van der Waals surface area contributed by atoms with Crippen molar-refractivity contribution < 1.29 is 0 Å². The highest BCUT2D eigenvalue weighted by atomic mass is 79.9. The zero-order chi connectivity index (χ0) is 11.7. The van der Waals surface area contributed by atoms with E-state index in [1.165, 1.54) is 4.88 Å². The van der Waals surface area contributed by atoms with Gasteiger partial charge < -0.3 is 5.32 Å². The molecule has 0 saturated heterocycles. The van der Waals surface area contributed by atoms with Crippen molar-refractivity contribution in [2.24, 2.45) is 7.05 Å². The Morgan fingerprint density at radius 3 is 2.81 bits per heavy atom. The van der Waals surface area contributed by atoms with E-state index in [2.05, 4.69) is 26.3 Å². The van der Waals surface area contributed by atoms with Crippen molar-refractivity contribution in [2.75, 3.05) is 7.05 Å². The number of aryl methyl sites for hydroxylation is 1. The van der Waals surface area contributed by atoms with Crippen LogP contribution in [0.5, 0.6) is 0 Å². The number of thiophene rings is 1. The van der Waals surface area contributed by atoms with Crippen molar-refractivity contribution in [3.8, 4) is 0 Å². The largest absolute Gasteiger partial charge is 0.307 e. The van der Waals surface area contributed by atoms with Gasteiger partial charge in [-0.3, -0.25) is 4.68 Å². The molecule has 16 heavy (non-hydrogen) atoms. The van der Waals surface area contributed by atoms with Crippen LogP contribution in [0.25, 0.3) is 0 Å². The van der Waals surface area contributed by atoms with Gasteiger partial charge in [-0.15, -0.1) is 11.3 Å². The van der Waals surface area contributed by atoms with Crippen LogP contribution in [0.4, 0.5) is 0 Å². The molecule has 1 atom stereocenters. The van der Waals surface area contributed by atoms with Gasteiger partial charge in [0.1, 0.15) is 0 Å². The third-order valence-corrected chi connectivity index (χ3v) is 4.63. The summed E-state index contributed by atoms with van der Waals surface area (Å²) in [5, 5.41) is 10.2. The number of nitrogens with one attached hydrogen (secondary N) is 1. The maximum absolute atomic E-state index is 6.15. The van der Waals surface area contributed by atoms with Crippen molar-refractivity contribution >= 4 is 38.9 Å². The molecule has 0 fully saturated rings. The third-order valence-electron chi connectivity index (χ3n) is 2.41. The summed E-state index contributed by atoms with van der Waals surface area (Å²) in [4.78, 5) is 1.20. The highest BCUT2D eigenvalue weighted by Gasteiger charge is 2.22. The van der Waals surface area contributed by atoms with E-state index in [0.29, 0.717) is 5.02 Å². The van der Waals surface area contributed by atoms with Gasteiger partial charge in [-0.2, -0.15) is 5.10 Å². The molecule has 0 radical (unpaired) electrons. The second kappa shape index (κ2) is 4.87. The van der Waals surface area contributed by atoms with E-state index in [1.54, 1.807) is 22.2 Å². The monoisotopic (exact) mass is 319 g/mol. The van der Waals surface area contributed by atoms with Crippen LogP contribution in [-0.2, 0) is 7.05 Å². The minimum atomic E-state index is 0.0642. The molecule has 3 nitrogen and oxygen atoms in total. The lowest BCUT2D eigenvalue weighted by Gasteiger charge is -2.16. The lowest BCUT2D eigenvalue weighted by atomic mass is 10.1. The Labute approximate surface area is 112 Å². The maximum Gasteiger partial charge on any atom is 0.0865 e. The fourth-order valence-corrected chi connectivity index (χ4v) is 3.64. The number of aromatic nitrogens is 2. The van der Waals surface area contributed by atoms with Crippen LogP contribution < -0.4 is 5.32 Å². The Morgan fingerprint density at radius 1 is 1.62 bits per heavy atom. The molecule has 2 aromatic heterocycles. The van der Waals surface area contributed by atoms with E-state index in [-0.39, 0.29) is 6.04 Å². The lowest BCUT2D eigenvalue weighted by Crippen LogP contribution is -2.20. The number of rotatable bonds is 3. The quantitative estimate of drug-likeness (QED) is 0.941. The summed E-state index contributed by atoms with van der Waals surface area (Å²) in [6.07, 6.45) is 1.67. The van der Waals surface area contributed by atoms with Gasteiger partial charge in [-0.05, 0) is 34.4 Å². The Balaban J connectivity index is 2.49. The van der Waals surface area contributed by atoms with Gasteiger partial charge in [0.2, 0.25) is 0 Å².